The molecule has 0 fully saturated rings. The molecule has 2 heterocycles. The summed E-state index contributed by atoms with van der Waals surface area (Å²) in [6, 6.07) is 11.0. The van der Waals surface area contributed by atoms with Crippen LogP contribution in [0.5, 0.6) is 5.75 Å². The molecule has 1 amide bonds. The van der Waals surface area contributed by atoms with E-state index in [0.29, 0.717) is 28.0 Å². The summed E-state index contributed by atoms with van der Waals surface area (Å²) >= 11 is 1.38. The van der Waals surface area contributed by atoms with Gasteiger partial charge in [-0.2, -0.15) is 0 Å². The number of para-hydroxylation sites is 1. The van der Waals surface area contributed by atoms with Crippen LogP contribution in [0, 0.1) is 0 Å². The van der Waals surface area contributed by atoms with Crippen molar-refractivity contribution in [3.05, 3.63) is 52.5 Å². The van der Waals surface area contributed by atoms with E-state index in [2.05, 4.69) is 15.5 Å². The lowest BCUT2D eigenvalue weighted by molar-refractivity contribution is 0.0951. The molecule has 1 N–H and O–H groups in total. The summed E-state index contributed by atoms with van der Waals surface area (Å²) < 4.78 is 10.8. The van der Waals surface area contributed by atoms with E-state index in [9.17, 15) is 4.79 Å². The lowest BCUT2D eigenvalue weighted by atomic mass is 10.2. The molecule has 0 saturated heterocycles. The van der Waals surface area contributed by atoms with Crippen LogP contribution in [0.4, 0.5) is 0 Å². The Hall–Kier alpha value is -2.67. The number of thiophene rings is 1. The smallest absolute Gasteiger partial charge is 0.261 e. The number of nitrogens with zero attached hydrogens (tertiary/aromatic N) is 2. The fourth-order valence-corrected chi connectivity index (χ4v) is 2.55. The highest BCUT2D eigenvalue weighted by atomic mass is 32.1. The number of carbonyl (C=O) groups excluding carboxylic acids is 1. The molecular weight excluding hydrogens is 302 g/mol. The summed E-state index contributed by atoms with van der Waals surface area (Å²) in [5.41, 5.74) is 0.716. The molecule has 0 aliphatic carbocycles. The van der Waals surface area contributed by atoms with Crippen molar-refractivity contribution in [1.82, 2.24) is 15.5 Å². The van der Waals surface area contributed by atoms with Crippen LogP contribution in [-0.2, 0) is 6.54 Å². The molecule has 3 rings (SSSR count). The van der Waals surface area contributed by atoms with E-state index in [-0.39, 0.29) is 12.5 Å². The molecule has 0 aliphatic rings. The Bertz CT molecular complexity index is 768. The second-order valence-corrected chi connectivity index (χ2v) is 5.31. The first-order valence-corrected chi connectivity index (χ1v) is 7.43. The summed E-state index contributed by atoms with van der Waals surface area (Å²) in [6.07, 6.45) is 0. The molecule has 0 spiro atoms. The molecule has 112 valence electrons. The maximum absolute atomic E-state index is 11.8. The SMILES string of the molecule is COc1ccccc1-c1nnc(CNC(=O)c2cccs2)o1. The van der Waals surface area contributed by atoms with Crippen LogP contribution in [0.2, 0.25) is 0 Å². The van der Waals surface area contributed by atoms with Crippen LogP contribution in [0.25, 0.3) is 11.5 Å². The minimum Gasteiger partial charge on any atom is -0.496 e. The van der Waals surface area contributed by atoms with Gasteiger partial charge in [-0.1, -0.05) is 18.2 Å². The van der Waals surface area contributed by atoms with E-state index >= 15 is 0 Å². The molecule has 0 atom stereocenters. The van der Waals surface area contributed by atoms with Gasteiger partial charge in [-0.05, 0) is 23.6 Å². The fraction of sp³-hybridized carbons (Fsp3) is 0.133. The van der Waals surface area contributed by atoms with Gasteiger partial charge in [0, 0.05) is 0 Å². The summed E-state index contributed by atoms with van der Waals surface area (Å²) in [6.45, 7) is 0.179. The summed E-state index contributed by atoms with van der Waals surface area (Å²) in [5, 5.41) is 12.5. The van der Waals surface area contributed by atoms with Crippen LogP contribution in [0.1, 0.15) is 15.6 Å². The van der Waals surface area contributed by atoms with Gasteiger partial charge < -0.3 is 14.5 Å². The number of hydrogen-bond acceptors (Lipinski definition) is 6. The maximum Gasteiger partial charge on any atom is 0.261 e. The first-order valence-electron chi connectivity index (χ1n) is 6.55. The fourth-order valence-electron chi connectivity index (χ4n) is 1.91. The van der Waals surface area contributed by atoms with Gasteiger partial charge in [0.1, 0.15) is 5.75 Å². The van der Waals surface area contributed by atoms with E-state index in [1.165, 1.54) is 11.3 Å². The van der Waals surface area contributed by atoms with Crippen LogP contribution in [0.3, 0.4) is 0 Å². The predicted octanol–water partition coefficient (Wildman–Crippen LogP) is 2.74. The highest BCUT2D eigenvalue weighted by molar-refractivity contribution is 7.12. The molecule has 2 aromatic heterocycles. The van der Waals surface area contributed by atoms with Gasteiger partial charge in [0.05, 0.1) is 24.1 Å². The van der Waals surface area contributed by atoms with Gasteiger partial charge in [0.25, 0.3) is 11.8 Å². The number of methoxy groups -OCH3 is 1. The molecule has 0 saturated carbocycles. The standard InChI is InChI=1S/C15H13N3O3S/c1-20-11-6-3-2-5-10(11)15-18-17-13(21-15)9-16-14(19)12-7-4-8-22-12/h2-8H,9H2,1H3,(H,16,19). The zero-order valence-corrected chi connectivity index (χ0v) is 12.6. The molecular formula is C15H13N3O3S. The highest BCUT2D eigenvalue weighted by Crippen LogP contribution is 2.28. The first kappa shape index (κ1) is 14.3. The average Bonchev–Trinajstić information content (AvgIpc) is 3.24. The number of nitrogens with one attached hydrogen (secondary N) is 1. The number of ether oxygens (including phenoxy) is 1. The van der Waals surface area contributed by atoms with Gasteiger partial charge in [-0.3, -0.25) is 4.79 Å². The minimum absolute atomic E-state index is 0.160. The number of carbonyl (C=O) groups is 1. The van der Waals surface area contributed by atoms with Gasteiger partial charge in [-0.25, -0.2) is 0 Å². The van der Waals surface area contributed by atoms with Crippen LogP contribution in [-0.4, -0.2) is 23.2 Å². The van der Waals surface area contributed by atoms with Crippen LogP contribution >= 0.6 is 11.3 Å². The molecule has 1 aromatic carbocycles. The Kier molecular flexibility index (Phi) is 4.15. The van der Waals surface area contributed by atoms with Crippen molar-refractivity contribution in [1.29, 1.82) is 0 Å². The molecule has 0 unspecified atom stereocenters. The number of aromatic nitrogens is 2. The topological polar surface area (TPSA) is 77.3 Å². The molecule has 7 heteroatoms. The Balaban J connectivity index is 1.70. The van der Waals surface area contributed by atoms with Gasteiger partial charge in [0.15, 0.2) is 0 Å². The highest BCUT2D eigenvalue weighted by Gasteiger charge is 2.14. The normalized spacial score (nSPS) is 10.4. The Morgan fingerprint density at radius 1 is 1.27 bits per heavy atom. The second-order valence-electron chi connectivity index (χ2n) is 4.36. The Labute approximate surface area is 130 Å². The zero-order chi connectivity index (χ0) is 15.4. The third-order valence-corrected chi connectivity index (χ3v) is 3.82. The van der Waals surface area contributed by atoms with E-state index in [1.54, 1.807) is 13.2 Å². The van der Waals surface area contributed by atoms with Crippen molar-refractivity contribution in [3.63, 3.8) is 0 Å². The molecule has 0 bridgehead atoms. The quantitative estimate of drug-likeness (QED) is 0.783. The number of amides is 1. The average molecular weight is 315 g/mol. The summed E-state index contributed by atoms with van der Waals surface area (Å²) in [4.78, 5) is 12.5. The number of benzene rings is 1. The third kappa shape index (κ3) is 2.99. The second kappa shape index (κ2) is 6.40. The van der Waals surface area contributed by atoms with Gasteiger partial charge >= 0.3 is 0 Å². The van der Waals surface area contributed by atoms with E-state index in [1.807, 2.05) is 35.7 Å². The molecule has 6 nitrogen and oxygen atoms in total. The predicted molar refractivity (Wildman–Crippen MR) is 81.8 cm³/mol. The van der Waals surface area contributed by atoms with Crippen molar-refractivity contribution in [3.8, 4) is 17.2 Å². The van der Waals surface area contributed by atoms with Crippen molar-refractivity contribution in [2.45, 2.75) is 6.54 Å². The number of rotatable bonds is 5. The summed E-state index contributed by atoms with van der Waals surface area (Å²) in [5.74, 6) is 1.19. The molecule has 3 aromatic rings. The van der Waals surface area contributed by atoms with Gasteiger partial charge in [-0.15, -0.1) is 21.5 Å². The van der Waals surface area contributed by atoms with Crippen LogP contribution < -0.4 is 10.1 Å². The monoisotopic (exact) mass is 315 g/mol. The number of hydrogen-bond donors (Lipinski definition) is 1. The van der Waals surface area contributed by atoms with Crippen molar-refractivity contribution in [2.24, 2.45) is 0 Å². The summed E-state index contributed by atoms with van der Waals surface area (Å²) in [7, 11) is 1.58. The van der Waals surface area contributed by atoms with Crippen molar-refractivity contribution < 1.29 is 13.9 Å². The maximum atomic E-state index is 11.8. The van der Waals surface area contributed by atoms with Gasteiger partial charge in [0.2, 0.25) is 5.89 Å². The van der Waals surface area contributed by atoms with Crippen molar-refractivity contribution in [2.75, 3.05) is 7.11 Å². The minimum atomic E-state index is -0.160. The van der Waals surface area contributed by atoms with E-state index < -0.39 is 0 Å². The van der Waals surface area contributed by atoms with E-state index in [4.69, 9.17) is 9.15 Å². The Morgan fingerprint density at radius 3 is 2.91 bits per heavy atom. The first-order chi connectivity index (χ1) is 10.8. The largest absolute Gasteiger partial charge is 0.496 e. The lowest BCUT2D eigenvalue weighted by Crippen LogP contribution is -2.21. The van der Waals surface area contributed by atoms with E-state index in [0.717, 1.165) is 0 Å². The molecule has 0 aliphatic heterocycles. The molecule has 22 heavy (non-hydrogen) atoms. The molecule has 0 radical (unpaired) electrons. The zero-order valence-electron chi connectivity index (χ0n) is 11.8. The lowest BCUT2D eigenvalue weighted by Gasteiger charge is -2.03. The van der Waals surface area contributed by atoms with Crippen LogP contribution in [0.15, 0.2) is 46.2 Å². The Morgan fingerprint density at radius 2 is 2.14 bits per heavy atom. The van der Waals surface area contributed by atoms with Crippen molar-refractivity contribution >= 4 is 17.2 Å². The third-order valence-electron chi connectivity index (χ3n) is 2.95.